The lowest BCUT2D eigenvalue weighted by atomic mass is 9.92. The molecule has 0 saturated carbocycles. The number of piperidine rings is 1. The molecule has 6 nitrogen and oxygen atoms in total. The van der Waals surface area contributed by atoms with E-state index >= 15 is 0 Å². The first kappa shape index (κ1) is 15.5. The molecule has 2 fully saturated rings. The molecule has 1 amide bonds. The third-order valence-corrected chi connectivity index (χ3v) is 4.72. The van der Waals surface area contributed by atoms with E-state index in [-0.39, 0.29) is 5.92 Å². The van der Waals surface area contributed by atoms with Crippen LogP contribution in [0.5, 0.6) is 0 Å². The molecule has 6 heteroatoms. The van der Waals surface area contributed by atoms with Gasteiger partial charge in [0.25, 0.3) is 0 Å². The number of carbonyl (C=O) groups is 1. The maximum Gasteiger partial charge on any atom is 0.225 e. The zero-order valence-corrected chi connectivity index (χ0v) is 13.5. The smallest absolute Gasteiger partial charge is 0.225 e. The molecule has 22 heavy (non-hydrogen) atoms. The average molecular weight is 306 g/mol. The summed E-state index contributed by atoms with van der Waals surface area (Å²) in [5.74, 6) is 1.41. The molecule has 0 unspecified atom stereocenters. The molecular formula is C16H26N4O2. The molecule has 122 valence electrons. The van der Waals surface area contributed by atoms with E-state index in [1.165, 1.54) is 0 Å². The van der Waals surface area contributed by atoms with Crippen LogP contribution in [0.15, 0.2) is 10.6 Å². The molecule has 2 aliphatic heterocycles. The molecule has 0 aromatic carbocycles. The molecule has 0 spiro atoms. The van der Waals surface area contributed by atoms with E-state index < -0.39 is 0 Å². The lowest BCUT2D eigenvalue weighted by Crippen LogP contribution is -2.51. The highest BCUT2D eigenvalue weighted by Gasteiger charge is 2.30. The van der Waals surface area contributed by atoms with E-state index in [4.69, 9.17) is 4.52 Å². The summed E-state index contributed by atoms with van der Waals surface area (Å²) in [7, 11) is 0. The van der Waals surface area contributed by atoms with E-state index in [0.29, 0.717) is 11.9 Å². The summed E-state index contributed by atoms with van der Waals surface area (Å²) < 4.78 is 5.11. The molecule has 1 aromatic rings. The Bertz CT molecular complexity index is 508. The van der Waals surface area contributed by atoms with Gasteiger partial charge in [-0.25, -0.2) is 0 Å². The highest BCUT2D eigenvalue weighted by Crippen LogP contribution is 2.20. The summed E-state index contributed by atoms with van der Waals surface area (Å²) in [5.41, 5.74) is 0.976. The van der Waals surface area contributed by atoms with Gasteiger partial charge >= 0.3 is 0 Å². The highest BCUT2D eigenvalue weighted by molar-refractivity contribution is 5.79. The summed E-state index contributed by atoms with van der Waals surface area (Å²) in [6.07, 6.45) is 1.94. The van der Waals surface area contributed by atoms with Crippen LogP contribution >= 0.6 is 0 Å². The molecule has 0 radical (unpaired) electrons. The number of aryl methyl sites for hydroxylation is 1. The fourth-order valence-corrected chi connectivity index (χ4v) is 3.46. The van der Waals surface area contributed by atoms with Gasteiger partial charge in [0.1, 0.15) is 5.76 Å². The van der Waals surface area contributed by atoms with Crippen LogP contribution in [-0.4, -0.2) is 59.6 Å². The normalized spacial score (nSPS) is 27.1. The summed E-state index contributed by atoms with van der Waals surface area (Å²) >= 11 is 0. The molecule has 2 saturated heterocycles. The van der Waals surface area contributed by atoms with Crippen LogP contribution in [0.4, 0.5) is 0 Å². The molecule has 3 heterocycles. The second-order valence-electron chi connectivity index (χ2n) is 6.61. The van der Waals surface area contributed by atoms with Crippen molar-refractivity contribution in [2.75, 3.05) is 32.7 Å². The molecular weight excluding hydrogens is 280 g/mol. The molecule has 1 aromatic heterocycles. The number of hydrogen-bond acceptors (Lipinski definition) is 5. The van der Waals surface area contributed by atoms with Gasteiger partial charge in [0, 0.05) is 50.7 Å². The van der Waals surface area contributed by atoms with Crippen molar-refractivity contribution >= 4 is 5.91 Å². The number of nitrogens with one attached hydrogen (secondary N) is 1. The summed E-state index contributed by atoms with van der Waals surface area (Å²) in [5, 5.41) is 7.45. The highest BCUT2D eigenvalue weighted by atomic mass is 16.5. The zero-order valence-electron chi connectivity index (χ0n) is 13.5. The first-order valence-corrected chi connectivity index (χ1v) is 8.28. The van der Waals surface area contributed by atoms with Crippen molar-refractivity contribution < 1.29 is 9.32 Å². The Morgan fingerprint density at radius 2 is 2.18 bits per heavy atom. The largest absolute Gasteiger partial charge is 0.361 e. The minimum Gasteiger partial charge on any atom is -0.361 e. The van der Waals surface area contributed by atoms with E-state index in [1.54, 1.807) is 0 Å². The minimum absolute atomic E-state index is 0.209. The fourth-order valence-electron chi connectivity index (χ4n) is 3.46. The molecule has 0 bridgehead atoms. The maximum atomic E-state index is 12.6. The van der Waals surface area contributed by atoms with E-state index in [2.05, 4.69) is 22.3 Å². The van der Waals surface area contributed by atoms with Gasteiger partial charge in [0.05, 0.1) is 5.69 Å². The lowest BCUT2D eigenvalue weighted by molar-refractivity contribution is -0.138. The number of rotatable bonds is 3. The van der Waals surface area contributed by atoms with Crippen molar-refractivity contribution in [2.45, 2.75) is 39.3 Å². The van der Waals surface area contributed by atoms with E-state index in [9.17, 15) is 4.79 Å². The quantitative estimate of drug-likeness (QED) is 0.903. The summed E-state index contributed by atoms with van der Waals surface area (Å²) in [4.78, 5) is 17.0. The average Bonchev–Trinajstić information content (AvgIpc) is 2.92. The maximum absolute atomic E-state index is 12.6. The van der Waals surface area contributed by atoms with Crippen molar-refractivity contribution in [1.82, 2.24) is 20.3 Å². The summed E-state index contributed by atoms with van der Waals surface area (Å²) in [6.45, 7) is 9.33. The Morgan fingerprint density at radius 1 is 1.41 bits per heavy atom. The van der Waals surface area contributed by atoms with Gasteiger partial charge in [0.2, 0.25) is 5.91 Å². The monoisotopic (exact) mass is 306 g/mol. The standard InChI is InChI=1S/C16H26N4O2/c1-12-9-14(3-4-17-12)16(21)20-7-5-19(6-8-20)11-15-10-13(2)22-18-15/h10,12,14,17H,3-9,11H2,1-2H3/t12-,14-/m0/s1. The number of piperazine rings is 1. The number of amides is 1. The zero-order chi connectivity index (χ0) is 15.5. The SMILES string of the molecule is Cc1cc(CN2CCN(C(=O)[C@H]3CCN[C@@H](C)C3)CC2)no1. The third-order valence-electron chi connectivity index (χ3n) is 4.72. The van der Waals surface area contributed by atoms with Gasteiger partial charge in [-0.3, -0.25) is 9.69 Å². The van der Waals surface area contributed by atoms with Crippen LogP contribution in [0.3, 0.4) is 0 Å². The van der Waals surface area contributed by atoms with Crippen molar-refractivity contribution in [3.05, 3.63) is 17.5 Å². The number of carbonyl (C=O) groups excluding carboxylic acids is 1. The van der Waals surface area contributed by atoms with Crippen LogP contribution < -0.4 is 5.32 Å². The predicted molar refractivity (Wildman–Crippen MR) is 83.3 cm³/mol. The summed E-state index contributed by atoms with van der Waals surface area (Å²) in [6, 6.07) is 2.44. The van der Waals surface area contributed by atoms with Crippen LogP contribution in [0.25, 0.3) is 0 Å². The van der Waals surface area contributed by atoms with Gasteiger partial charge in [-0.2, -0.15) is 0 Å². The van der Waals surface area contributed by atoms with E-state index in [0.717, 1.165) is 63.6 Å². The molecule has 2 atom stereocenters. The van der Waals surface area contributed by atoms with Crippen molar-refractivity contribution in [3.8, 4) is 0 Å². The van der Waals surface area contributed by atoms with Crippen molar-refractivity contribution in [3.63, 3.8) is 0 Å². The molecule has 0 aliphatic carbocycles. The Morgan fingerprint density at radius 3 is 2.82 bits per heavy atom. The topological polar surface area (TPSA) is 61.6 Å². The second kappa shape index (κ2) is 6.79. The fraction of sp³-hybridized carbons (Fsp3) is 0.750. The van der Waals surface area contributed by atoms with E-state index in [1.807, 2.05) is 17.9 Å². The first-order chi connectivity index (χ1) is 10.6. The predicted octanol–water partition coefficient (Wildman–Crippen LogP) is 1.02. The Labute approximate surface area is 131 Å². The van der Waals surface area contributed by atoms with Crippen LogP contribution in [0.2, 0.25) is 0 Å². The van der Waals surface area contributed by atoms with Crippen LogP contribution in [0.1, 0.15) is 31.2 Å². The number of hydrogen-bond donors (Lipinski definition) is 1. The molecule has 2 aliphatic rings. The van der Waals surface area contributed by atoms with Crippen molar-refractivity contribution in [2.24, 2.45) is 5.92 Å². The van der Waals surface area contributed by atoms with Gasteiger partial charge in [-0.15, -0.1) is 0 Å². The van der Waals surface area contributed by atoms with Gasteiger partial charge in [-0.05, 0) is 33.2 Å². The number of nitrogens with zero attached hydrogens (tertiary/aromatic N) is 3. The Kier molecular flexibility index (Phi) is 4.78. The van der Waals surface area contributed by atoms with Gasteiger partial charge in [-0.1, -0.05) is 5.16 Å². The Hall–Kier alpha value is -1.40. The van der Waals surface area contributed by atoms with Crippen LogP contribution in [0, 0.1) is 12.8 Å². The Balaban J connectivity index is 1.47. The molecule has 3 rings (SSSR count). The first-order valence-electron chi connectivity index (χ1n) is 8.28. The van der Waals surface area contributed by atoms with Gasteiger partial charge < -0.3 is 14.7 Å². The van der Waals surface area contributed by atoms with Crippen LogP contribution in [-0.2, 0) is 11.3 Å². The molecule has 1 N–H and O–H groups in total. The van der Waals surface area contributed by atoms with Gasteiger partial charge in [0.15, 0.2) is 0 Å². The van der Waals surface area contributed by atoms with Crippen molar-refractivity contribution in [1.29, 1.82) is 0 Å². The second-order valence-corrected chi connectivity index (χ2v) is 6.61. The third kappa shape index (κ3) is 3.67. The minimum atomic E-state index is 0.209. The lowest BCUT2D eigenvalue weighted by Gasteiger charge is -2.37. The number of aromatic nitrogens is 1.